The molecule has 0 aliphatic carbocycles. The lowest BCUT2D eigenvalue weighted by Crippen LogP contribution is -2.16. The third-order valence-corrected chi connectivity index (χ3v) is 2.77. The first-order valence-corrected chi connectivity index (χ1v) is 5.25. The van der Waals surface area contributed by atoms with E-state index in [2.05, 4.69) is 0 Å². The van der Waals surface area contributed by atoms with Gasteiger partial charge in [-0.3, -0.25) is 0 Å². The van der Waals surface area contributed by atoms with Crippen molar-refractivity contribution in [2.45, 2.75) is 25.0 Å². The fourth-order valence-electron chi connectivity index (χ4n) is 1.87. The third-order valence-electron chi connectivity index (χ3n) is 2.77. The van der Waals surface area contributed by atoms with E-state index >= 15 is 0 Å². The quantitative estimate of drug-likeness (QED) is 0.824. The summed E-state index contributed by atoms with van der Waals surface area (Å²) < 4.78 is 10.5. The van der Waals surface area contributed by atoms with Gasteiger partial charge >= 0.3 is 0 Å². The summed E-state index contributed by atoms with van der Waals surface area (Å²) in [7, 11) is 1.63. The van der Waals surface area contributed by atoms with Crippen LogP contribution in [0.5, 0.6) is 5.75 Å². The molecule has 1 heterocycles. The zero-order chi connectivity index (χ0) is 10.7. The van der Waals surface area contributed by atoms with Gasteiger partial charge in [-0.05, 0) is 30.5 Å². The van der Waals surface area contributed by atoms with Gasteiger partial charge in [0.1, 0.15) is 11.9 Å². The summed E-state index contributed by atoms with van der Waals surface area (Å²) in [5.74, 6) is 0.804. The highest BCUT2D eigenvalue weighted by Gasteiger charge is 2.25. The maximum Gasteiger partial charge on any atom is 0.118 e. The number of rotatable bonds is 3. The summed E-state index contributed by atoms with van der Waals surface area (Å²) in [5.41, 5.74) is 0.891. The van der Waals surface area contributed by atoms with Crippen LogP contribution in [0.15, 0.2) is 24.3 Å². The Kier molecular flexibility index (Phi) is 3.23. The minimum atomic E-state index is -0.515. The molecule has 1 saturated heterocycles. The molecule has 1 N–H and O–H groups in total. The number of methoxy groups -OCH3 is 1. The molecule has 0 bridgehead atoms. The van der Waals surface area contributed by atoms with E-state index in [1.165, 1.54) is 0 Å². The summed E-state index contributed by atoms with van der Waals surface area (Å²) in [6.07, 6.45) is 1.42. The molecule has 3 heteroatoms. The smallest absolute Gasteiger partial charge is 0.118 e. The van der Waals surface area contributed by atoms with Crippen LogP contribution in [0, 0.1) is 0 Å². The maximum atomic E-state index is 10.0. The summed E-state index contributed by atoms with van der Waals surface area (Å²) in [6, 6.07) is 7.47. The predicted octanol–water partition coefficient (Wildman–Crippen LogP) is 1.91. The average molecular weight is 208 g/mol. The van der Waals surface area contributed by atoms with Crippen LogP contribution in [0.2, 0.25) is 0 Å². The molecule has 1 aromatic carbocycles. The number of hydrogen-bond donors (Lipinski definition) is 1. The molecule has 82 valence electrons. The molecule has 1 fully saturated rings. The standard InChI is InChI=1S/C12H16O3/c1-14-10-6-4-9(5-7-10)12(13)11-3-2-8-15-11/h4-7,11-13H,2-3,8H2,1H3/t11-,12-/m1/s1. The molecule has 0 unspecified atom stereocenters. The molecular formula is C12H16O3. The van der Waals surface area contributed by atoms with Crippen molar-refractivity contribution in [2.24, 2.45) is 0 Å². The first kappa shape index (κ1) is 10.5. The molecule has 0 amide bonds. The number of benzene rings is 1. The van der Waals surface area contributed by atoms with Gasteiger partial charge in [0.2, 0.25) is 0 Å². The monoisotopic (exact) mass is 208 g/mol. The fourth-order valence-corrected chi connectivity index (χ4v) is 1.87. The molecule has 0 aromatic heterocycles. The number of hydrogen-bond acceptors (Lipinski definition) is 3. The maximum absolute atomic E-state index is 10.0. The molecule has 1 aliphatic rings. The zero-order valence-corrected chi connectivity index (χ0v) is 8.85. The van der Waals surface area contributed by atoms with E-state index in [1.807, 2.05) is 24.3 Å². The first-order chi connectivity index (χ1) is 7.31. The average Bonchev–Trinajstić information content (AvgIpc) is 2.82. The van der Waals surface area contributed by atoms with Gasteiger partial charge in [0.25, 0.3) is 0 Å². The highest BCUT2D eigenvalue weighted by Crippen LogP contribution is 2.27. The summed E-state index contributed by atoms with van der Waals surface area (Å²) >= 11 is 0. The van der Waals surface area contributed by atoms with Crippen LogP contribution >= 0.6 is 0 Å². The summed E-state index contributed by atoms with van der Waals surface area (Å²) in [5, 5.41) is 10.0. The molecule has 0 radical (unpaired) electrons. The van der Waals surface area contributed by atoms with Gasteiger partial charge in [0.15, 0.2) is 0 Å². The van der Waals surface area contributed by atoms with Crippen molar-refractivity contribution in [1.29, 1.82) is 0 Å². The Balaban J connectivity index is 2.07. The largest absolute Gasteiger partial charge is 0.497 e. The fraction of sp³-hybridized carbons (Fsp3) is 0.500. The molecule has 3 nitrogen and oxygen atoms in total. The lowest BCUT2D eigenvalue weighted by molar-refractivity contribution is -0.00260. The molecule has 0 spiro atoms. The Bertz CT molecular complexity index is 301. The lowest BCUT2D eigenvalue weighted by atomic mass is 10.0. The Labute approximate surface area is 89.6 Å². The second kappa shape index (κ2) is 4.64. The Hall–Kier alpha value is -1.06. The first-order valence-electron chi connectivity index (χ1n) is 5.25. The molecule has 2 atom stereocenters. The number of ether oxygens (including phenoxy) is 2. The normalized spacial score (nSPS) is 22.7. The van der Waals surface area contributed by atoms with Gasteiger partial charge in [-0.1, -0.05) is 12.1 Å². The van der Waals surface area contributed by atoms with E-state index in [9.17, 15) is 5.11 Å². The van der Waals surface area contributed by atoms with Crippen molar-refractivity contribution in [3.8, 4) is 5.75 Å². The van der Waals surface area contributed by atoms with Crippen LogP contribution < -0.4 is 4.74 Å². The van der Waals surface area contributed by atoms with Crippen molar-refractivity contribution >= 4 is 0 Å². The number of aliphatic hydroxyl groups excluding tert-OH is 1. The van der Waals surface area contributed by atoms with Crippen molar-refractivity contribution in [3.05, 3.63) is 29.8 Å². The van der Waals surface area contributed by atoms with E-state index in [1.54, 1.807) is 7.11 Å². The second-order valence-corrected chi connectivity index (χ2v) is 3.77. The lowest BCUT2D eigenvalue weighted by Gasteiger charge is -2.17. The molecule has 1 aromatic rings. The Morgan fingerprint density at radius 2 is 2.13 bits per heavy atom. The van der Waals surface area contributed by atoms with Gasteiger partial charge < -0.3 is 14.6 Å². The van der Waals surface area contributed by atoms with Crippen molar-refractivity contribution < 1.29 is 14.6 Å². The van der Waals surface area contributed by atoms with Crippen molar-refractivity contribution in [2.75, 3.05) is 13.7 Å². The van der Waals surface area contributed by atoms with Gasteiger partial charge in [0.05, 0.1) is 13.2 Å². The summed E-state index contributed by atoms with van der Waals surface area (Å²) in [4.78, 5) is 0. The Morgan fingerprint density at radius 1 is 1.40 bits per heavy atom. The van der Waals surface area contributed by atoms with E-state index in [-0.39, 0.29) is 6.10 Å². The van der Waals surface area contributed by atoms with E-state index in [0.29, 0.717) is 0 Å². The zero-order valence-electron chi connectivity index (χ0n) is 8.85. The predicted molar refractivity (Wildman–Crippen MR) is 56.9 cm³/mol. The van der Waals surface area contributed by atoms with Crippen LogP contribution in [0.4, 0.5) is 0 Å². The van der Waals surface area contributed by atoms with E-state index in [4.69, 9.17) is 9.47 Å². The third kappa shape index (κ3) is 2.30. The minimum Gasteiger partial charge on any atom is -0.497 e. The van der Waals surface area contributed by atoms with Crippen LogP contribution in [-0.4, -0.2) is 24.9 Å². The van der Waals surface area contributed by atoms with Gasteiger partial charge in [-0.2, -0.15) is 0 Å². The highest BCUT2D eigenvalue weighted by molar-refractivity contribution is 5.28. The molecule has 0 saturated carbocycles. The molecule has 2 rings (SSSR count). The molecular weight excluding hydrogens is 192 g/mol. The molecule has 15 heavy (non-hydrogen) atoms. The van der Waals surface area contributed by atoms with Crippen molar-refractivity contribution in [1.82, 2.24) is 0 Å². The van der Waals surface area contributed by atoms with Gasteiger partial charge in [0, 0.05) is 6.61 Å². The SMILES string of the molecule is COc1ccc([C@@H](O)[C@H]2CCCO2)cc1. The van der Waals surface area contributed by atoms with Gasteiger partial charge in [-0.15, -0.1) is 0 Å². The highest BCUT2D eigenvalue weighted by atomic mass is 16.5. The minimum absolute atomic E-state index is 0.0432. The van der Waals surface area contributed by atoms with E-state index < -0.39 is 6.10 Å². The summed E-state index contributed by atoms with van der Waals surface area (Å²) in [6.45, 7) is 0.762. The van der Waals surface area contributed by atoms with Crippen LogP contribution in [0.3, 0.4) is 0 Å². The van der Waals surface area contributed by atoms with Crippen LogP contribution in [0.1, 0.15) is 24.5 Å². The van der Waals surface area contributed by atoms with Crippen LogP contribution in [0.25, 0.3) is 0 Å². The second-order valence-electron chi connectivity index (χ2n) is 3.77. The van der Waals surface area contributed by atoms with Gasteiger partial charge in [-0.25, -0.2) is 0 Å². The van der Waals surface area contributed by atoms with Crippen LogP contribution in [-0.2, 0) is 4.74 Å². The topological polar surface area (TPSA) is 38.7 Å². The van der Waals surface area contributed by atoms with Crippen molar-refractivity contribution in [3.63, 3.8) is 0 Å². The molecule has 1 aliphatic heterocycles. The Morgan fingerprint density at radius 3 is 2.67 bits per heavy atom. The van der Waals surface area contributed by atoms with E-state index in [0.717, 1.165) is 30.8 Å². The number of aliphatic hydroxyl groups is 1.